The van der Waals surface area contributed by atoms with Crippen LogP contribution < -0.4 is 52.8 Å². The highest BCUT2D eigenvalue weighted by Gasteiger charge is 2.33. The van der Waals surface area contributed by atoms with E-state index in [1.165, 1.54) is 150 Å². The molecule has 0 saturated heterocycles. The summed E-state index contributed by atoms with van der Waals surface area (Å²) in [6, 6.07) is 95.7. The van der Waals surface area contributed by atoms with Gasteiger partial charge in [0.1, 0.15) is 25.4 Å². The molecule has 0 fully saturated rings. The molecule has 0 aliphatic rings. The Balaban J connectivity index is 0.000000291. The number of aliphatic hydroxyl groups excluding tert-OH is 2. The second-order valence-electron chi connectivity index (χ2n) is 23.9. The van der Waals surface area contributed by atoms with Crippen LogP contribution in [0.2, 0.25) is 0 Å². The Morgan fingerprint density at radius 1 is 0.233 bits per heavy atom. The van der Waals surface area contributed by atoms with Crippen LogP contribution in [0.25, 0.3) is 22.4 Å². The van der Waals surface area contributed by atoms with Gasteiger partial charge in [0, 0.05) is 55.9 Å². The standard InChI is InChI=1S/C56H72BN2O2.C24H20B/c60-45-26-13-9-5-1-3-7-11-24-40-58-42-37-49(38-43-58)50-39-44-59(41-25-12-8-4-2-6-10-14-27-46-61)56(48-50)51-29-28-36-55(47-51)57(52-30-18-15-19-31-52,53-32-20-16-21-33-53)54-34-22-17-23-35-54;1-5-13-21(14-6-1)25(22-15-7-2-8-16-22,23-17-9-3-10-18-23)24-19-11-4-12-20-24/h15-23,28-39,42-44,47-48,60-61H,1-14,24-27,40-41,45-46H2;1-20H/q+1;-1. The van der Waals surface area contributed by atoms with Gasteiger partial charge in [-0.3, -0.25) is 0 Å². The summed E-state index contributed by atoms with van der Waals surface area (Å²) in [6.07, 6.45) is 26.1. The zero-order valence-electron chi connectivity index (χ0n) is 51.1. The van der Waals surface area contributed by atoms with Gasteiger partial charge in [-0.25, -0.2) is 4.57 Å². The topological polar surface area (TPSA) is 48.2 Å². The fourth-order valence-electron chi connectivity index (χ4n) is 13.7. The molecule has 440 valence electrons. The van der Waals surface area contributed by atoms with Gasteiger partial charge < -0.3 is 10.2 Å². The van der Waals surface area contributed by atoms with E-state index >= 15 is 0 Å². The number of rotatable bonds is 32. The summed E-state index contributed by atoms with van der Waals surface area (Å²) in [7, 11) is 0. The predicted molar refractivity (Wildman–Crippen MR) is 369 cm³/mol. The largest absolute Gasteiger partial charge is 0.396 e. The molecular weight excluding hydrogens is 1040 g/mol. The van der Waals surface area contributed by atoms with Crippen LogP contribution in [0.15, 0.2) is 279 Å². The van der Waals surface area contributed by atoms with Gasteiger partial charge in [0.25, 0.3) is 0 Å². The SMILES string of the molecule is OCCCCCCCCCCC[n+]1ccc(-c2cc[n+](CCCCCCCCCCCO)c(-c3cccc([B-](c4ccccc4)(c4ccccc4)c4ccccc4)c3)c2)cc1.c1ccc([B-](c2ccccc2)(c2ccccc2)c2ccccc2)cc1. The van der Waals surface area contributed by atoms with Crippen molar-refractivity contribution in [2.75, 3.05) is 13.2 Å². The van der Waals surface area contributed by atoms with Crippen LogP contribution in [0.4, 0.5) is 0 Å². The maximum atomic E-state index is 9.09. The van der Waals surface area contributed by atoms with Crippen molar-refractivity contribution >= 4 is 56.0 Å². The molecule has 0 atom stereocenters. The minimum atomic E-state index is -1.48. The molecule has 0 bridgehead atoms. The van der Waals surface area contributed by atoms with E-state index in [-0.39, 0.29) is 0 Å². The summed E-state index contributed by atoms with van der Waals surface area (Å²) in [4.78, 5) is 0. The molecule has 0 spiro atoms. The van der Waals surface area contributed by atoms with E-state index in [0.717, 1.165) is 45.2 Å². The van der Waals surface area contributed by atoms with Gasteiger partial charge in [0.15, 0.2) is 18.6 Å². The first-order chi connectivity index (χ1) is 42.7. The van der Waals surface area contributed by atoms with E-state index in [1.807, 2.05) is 0 Å². The number of unbranched alkanes of at least 4 members (excludes halogenated alkanes) is 16. The average molecular weight is 1140 g/mol. The number of benzene rings is 8. The van der Waals surface area contributed by atoms with Crippen LogP contribution >= 0.6 is 0 Å². The summed E-state index contributed by atoms with van der Waals surface area (Å²) in [5, 5.41) is 18.1. The van der Waals surface area contributed by atoms with Crippen molar-refractivity contribution in [3.63, 3.8) is 0 Å². The van der Waals surface area contributed by atoms with Gasteiger partial charge in [-0.2, -0.15) is 48.3 Å². The minimum Gasteiger partial charge on any atom is -0.396 e. The van der Waals surface area contributed by atoms with E-state index < -0.39 is 12.3 Å². The molecule has 2 aromatic heterocycles. The highest BCUT2D eigenvalue weighted by molar-refractivity contribution is 7.20. The van der Waals surface area contributed by atoms with E-state index in [1.54, 1.807) is 0 Å². The Kier molecular flexibility index (Phi) is 25.0. The maximum Gasteiger partial charge on any atom is 0.212 e. The summed E-state index contributed by atoms with van der Waals surface area (Å²) in [5.41, 5.74) is 15.6. The van der Waals surface area contributed by atoms with Crippen molar-refractivity contribution in [3.8, 4) is 22.4 Å². The zero-order chi connectivity index (χ0) is 59.2. The normalized spacial score (nSPS) is 11.5. The number of aliphatic hydroxyl groups is 2. The molecule has 0 aliphatic carbocycles. The van der Waals surface area contributed by atoms with Gasteiger partial charge in [0.05, 0.1) is 0 Å². The Morgan fingerprint density at radius 2 is 0.523 bits per heavy atom. The van der Waals surface area contributed by atoms with Crippen LogP contribution in [0.5, 0.6) is 0 Å². The fourth-order valence-corrected chi connectivity index (χ4v) is 13.7. The summed E-state index contributed by atoms with van der Waals surface area (Å²) in [5.74, 6) is 0. The van der Waals surface area contributed by atoms with Gasteiger partial charge in [-0.1, -0.05) is 308 Å². The third-order valence-corrected chi connectivity index (χ3v) is 18.2. The molecule has 0 amide bonds. The Bertz CT molecular complexity index is 3180. The first kappa shape index (κ1) is 62.6. The lowest BCUT2D eigenvalue weighted by Crippen LogP contribution is -2.74. The number of nitrogens with zero attached hydrogens (tertiary/aromatic N) is 2. The molecule has 0 unspecified atom stereocenters. The first-order valence-electron chi connectivity index (χ1n) is 32.7. The number of hydrogen-bond donors (Lipinski definition) is 2. The molecule has 2 N–H and O–H groups in total. The first-order valence-corrected chi connectivity index (χ1v) is 32.7. The van der Waals surface area contributed by atoms with Crippen molar-refractivity contribution in [1.29, 1.82) is 0 Å². The minimum absolute atomic E-state index is 0.320. The number of hydrogen-bond acceptors (Lipinski definition) is 2. The second-order valence-corrected chi connectivity index (χ2v) is 23.9. The molecule has 0 aliphatic heterocycles. The quantitative estimate of drug-likeness (QED) is 0.0251. The molecular formula is C80H92B2N2O2. The second kappa shape index (κ2) is 34.3. The highest BCUT2D eigenvalue weighted by Crippen LogP contribution is 2.25. The van der Waals surface area contributed by atoms with Gasteiger partial charge in [-0.15, -0.1) is 0 Å². The molecule has 2 heterocycles. The van der Waals surface area contributed by atoms with Crippen LogP contribution in [0.3, 0.4) is 0 Å². The lowest BCUT2D eigenvalue weighted by molar-refractivity contribution is -0.697. The highest BCUT2D eigenvalue weighted by atomic mass is 16.3. The Hall–Kier alpha value is -7.89. The molecule has 6 heteroatoms. The summed E-state index contributed by atoms with van der Waals surface area (Å²) in [6.45, 7) is 2.69. The lowest BCUT2D eigenvalue weighted by Gasteiger charge is -2.44. The molecule has 10 rings (SSSR count). The predicted octanol–water partition coefficient (Wildman–Crippen LogP) is 13.0. The number of pyridine rings is 2. The Morgan fingerprint density at radius 3 is 0.872 bits per heavy atom. The van der Waals surface area contributed by atoms with Gasteiger partial charge in [-0.05, 0) is 42.9 Å². The third kappa shape index (κ3) is 16.5. The summed E-state index contributed by atoms with van der Waals surface area (Å²) >= 11 is 0. The molecule has 4 nitrogen and oxygen atoms in total. The average Bonchev–Trinajstić information content (AvgIpc) is 0.844. The van der Waals surface area contributed by atoms with E-state index in [9.17, 15) is 0 Å². The lowest BCUT2D eigenvalue weighted by atomic mass is 9.13. The van der Waals surface area contributed by atoms with Crippen molar-refractivity contribution < 1.29 is 19.3 Å². The van der Waals surface area contributed by atoms with Crippen molar-refractivity contribution in [1.82, 2.24) is 0 Å². The van der Waals surface area contributed by atoms with E-state index in [2.05, 4.69) is 289 Å². The molecule has 0 radical (unpaired) electrons. The van der Waals surface area contributed by atoms with Crippen molar-refractivity contribution in [2.45, 2.75) is 129 Å². The third-order valence-electron chi connectivity index (χ3n) is 18.2. The van der Waals surface area contributed by atoms with Crippen LogP contribution in [-0.4, -0.2) is 35.7 Å². The smallest absolute Gasteiger partial charge is 0.212 e. The summed E-state index contributed by atoms with van der Waals surface area (Å²) < 4.78 is 4.84. The fraction of sp³-hybridized carbons (Fsp3) is 0.275. The number of aromatic nitrogens is 2. The molecule has 10 aromatic rings. The van der Waals surface area contributed by atoms with Crippen LogP contribution in [0, 0.1) is 0 Å². The maximum absolute atomic E-state index is 9.09. The van der Waals surface area contributed by atoms with E-state index in [4.69, 9.17) is 10.2 Å². The monoisotopic (exact) mass is 1130 g/mol. The Labute approximate surface area is 516 Å². The van der Waals surface area contributed by atoms with Crippen LogP contribution in [0.1, 0.15) is 116 Å². The van der Waals surface area contributed by atoms with Gasteiger partial charge in [0.2, 0.25) is 5.69 Å². The molecule has 86 heavy (non-hydrogen) atoms. The number of aryl methyl sites for hydroxylation is 2. The van der Waals surface area contributed by atoms with Crippen molar-refractivity contribution in [3.05, 3.63) is 279 Å². The molecule has 0 saturated carbocycles. The van der Waals surface area contributed by atoms with Crippen molar-refractivity contribution in [2.24, 2.45) is 0 Å². The zero-order valence-corrected chi connectivity index (χ0v) is 51.1. The van der Waals surface area contributed by atoms with Gasteiger partial charge >= 0.3 is 0 Å². The van der Waals surface area contributed by atoms with Crippen LogP contribution in [-0.2, 0) is 13.1 Å². The molecule has 8 aromatic carbocycles. The van der Waals surface area contributed by atoms with E-state index in [0.29, 0.717) is 13.2 Å².